The normalized spacial score (nSPS) is 15.0. The summed E-state index contributed by atoms with van der Waals surface area (Å²) in [5, 5.41) is 12.8. The number of phenolic OH excluding ortho intramolecular Hbond substituents is 1. The molecule has 2 N–H and O–H groups in total. The maximum absolute atomic E-state index is 12.5. The first-order chi connectivity index (χ1) is 12.3. The second kappa shape index (κ2) is 7.19. The van der Waals surface area contributed by atoms with Gasteiger partial charge in [-0.25, -0.2) is 14.8 Å². The van der Waals surface area contributed by atoms with Gasteiger partial charge in [0.1, 0.15) is 11.6 Å². The van der Waals surface area contributed by atoms with Gasteiger partial charge < -0.3 is 20.2 Å². The van der Waals surface area contributed by atoms with Crippen molar-refractivity contribution in [3.8, 4) is 5.75 Å². The molecule has 7 nitrogen and oxygen atoms in total. The summed E-state index contributed by atoms with van der Waals surface area (Å²) in [5.41, 5.74) is 1.27. The predicted octanol–water partition coefficient (Wildman–Crippen LogP) is 2.83. The van der Waals surface area contributed by atoms with E-state index in [2.05, 4.69) is 20.2 Å². The van der Waals surface area contributed by atoms with Crippen LogP contribution in [0.1, 0.15) is 26.6 Å². The average Bonchev–Trinajstić information content (AvgIpc) is 2.62. The number of nitrogens with zero attached hydrogens (tertiary/aromatic N) is 4. The smallest absolute Gasteiger partial charge is 0.322 e. The molecule has 2 aromatic rings. The van der Waals surface area contributed by atoms with Crippen molar-refractivity contribution in [2.45, 2.75) is 26.2 Å². The van der Waals surface area contributed by atoms with Gasteiger partial charge in [-0.05, 0) is 12.1 Å². The number of carbonyl (C=O) groups is 1. The first-order valence-electron chi connectivity index (χ1n) is 8.76. The molecule has 138 valence electrons. The summed E-state index contributed by atoms with van der Waals surface area (Å²) in [6.45, 7) is 8.65. The third-order valence-electron chi connectivity index (χ3n) is 4.36. The molecule has 1 saturated heterocycles. The number of hydrogen-bond donors (Lipinski definition) is 2. The number of anilines is 2. The fraction of sp³-hybridized carbons (Fsp3) is 0.421. The fourth-order valence-corrected chi connectivity index (χ4v) is 2.86. The number of amides is 2. The lowest BCUT2D eigenvalue weighted by Gasteiger charge is -2.36. The molecule has 1 aliphatic rings. The summed E-state index contributed by atoms with van der Waals surface area (Å²) in [6, 6.07) is 7.11. The van der Waals surface area contributed by atoms with Gasteiger partial charge in [0.25, 0.3) is 0 Å². The third-order valence-corrected chi connectivity index (χ3v) is 4.36. The molecule has 26 heavy (non-hydrogen) atoms. The second-order valence-corrected chi connectivity index (χ2v) is 7.44. The Labute approximate surface area is 153 Å². The van der Waals surface area contributed by atoms with Crippen molar-refractivity contribution in [1.82, 2.24) is 14.9 Å². The Morgan fingerprint density at radius 3 is 2.27 bits per heavy atom. The standard InChI is InChI=1S/C19H25N5O2/c1-19(2,3)17-20-12-14(13-21-17)22-18(26)24-10-8-23(9-11-24)15-6-4-5-7-16(15)25/h4-7,12-13,25H,8-11H2,1-3H3,(H,22,26). The number of para-hydroxylation sites is 2. The van der Waals surface area contributed by atoms with Crippen LogP contribution in [0.15, 0.2) is 36.7 Å². The number of aromatic hydroxyl groups is 1. The molecule has 7 heteroatoms. The highest BCUT2D eigenvalue weighted by atomic mass is 16.3. The van der Waals surface area contributed by atoms with Gasteiger partial charge in [-0.3, -0.25) is 0 Å². The van der Waals surface area contributed by atoms with E-state index in [0.717, 1.165) is 11.5 Å². The third kappa shape index (κ3) is 4.04. The van der Waals surface area contributed by atoms with Gasteiger partial charge in [0.15, 0.2) is 0 Å². The van der Waals surface area contributed by atoms with Crippen LogP contribution < -0.4 is 10.2 Å². The van der Waals surface area contributed by atoms with Gasteiger partial charge in [0, 0.05) is 31.6 Å². The summed E-state index contributed by atoms with van der Waals surface area (Å²) in [6.07, 6.45) is 3.29. The molecule has 0 bridgehead atoms. The summed E-state index contributed by atoms with van der Waals surface area (Å²) < 4.78 is 0. The maximum Gasteiger partial charge on any atom is 0.322 e. The van der Waals surface area contributed by atoms with E-state index in [-0.39, 0.29) is 17.2 Å². The summed E-state index contributed by atoms with van der Waals surface area (Å²) in [7, 11) is 0. The van der Waals surface area contributed by atoms with E-state index in [1.165, 1.54) is 0 Å². The number of nitrogens with one attached hydrogen (secondary N) is 1. The van der Waals surface area contributed by atoms with E-state index in [0.29, 0.717) is 31.9 Å². The van der Waals surface area contributed by atoms with Gasteiger partial charge in [-0.1, -0.05) is 32.9 Å². The predicted molar refractivity (Wildman–Crippen MR) is 102 cm³/mol. The quantitative estimate of drug-likeness (QED) is 0.866. The first-order valence-corrected chi connectivity index (χ1v) is 8.76. The van der Waals surface area contributed by atoms with E-state index in [1.54, 1.807) is 29.4 Å². The Morgan fingerprint density at radius 2 is 1.69 bits per heavy atom. The van der Waals surface area contributed by atoms with Crippen molar-refractivity contribution < 1.29 is 9.90 Å². The Kier molecular flexibility index (Phi) is 4.97. The van der Waals surface area contributed by atoms with Gasteiger partial charge in [-0.15, -0.1) is 0 Å². The van der Waals surface area contributed by atoms with Crippen LogP contribution in [-0.4, -0.2) is 52.2 Å². The number of rotatable bonds is 2. The van der Waals surface area contributed by atoms with Gasteiger partial charge in [0.2, 0.25) is 0 Å². The largest absolute Gasteiger partial charge is 0.506 e. The Balaban J connectivity index is 1.56. The molecule has 1 fully saturated rings. The van der Waals surface area contributed by atoms with E-state index in [4.69, 9.17) is 0 Å². The molecule has 0 aliphatic carbocycles. The highest BCUT2D eigenvalue weighted by Gasteiger charge is 2.23. The van der Waals surface area contributed by atoms with Gasteiger partial charge in [-0.2, -0.15) is 0 Å². The lowest BCUT2D eigenvalue weighted by Crippen LogP contribution is -2.50. The topological polar surface area (TPSA) is 81.6 Å². The molecule has 0 unspecified atom stereocenters. The average molecular weight is 355 g/mol. The number of hydrogen-bond acceptors (Lipinski definition) is 5. The molecule has 1 aromatic carbocycles. The highest BCUT2D eigenvalue weighted by Crippen LogP contribution is 2.27. The molecule has 1 aliphatic heterocycles. The minimum absolute atomic E-state index is 0.123. The number of phenols is 1. The van der Waals surface area contributed by atoms with Crippen molar-refractivity contribution in [3.05, 3.63) is 42.5 Å². The highest BCUT2D eigenvalue weighted by molar-refractivity contribution is 5.89. The van der Waals surface area contributed by atoms with Gasteiger partial charge in [0.05, 0.1) is 23.8 Å². The Bertz CT molecular complexity index is 762. The minimum atomic E-state index is -0.158. The Morgan fingerprint density at radius 1 is 1.08 bits per heavy atom. The zero-order valence-electron chi connectivity index (χ0n) is 15.4. The fourth-order valence-electron chi connectivity index (χ4n) is 2.86. The van der Waals surface area contributed by atoms with Crippen molar-refractivity contribution in [1.29, 1.82) is 0 Å². The zero-order chi connectivity index (χ0) is 18.7. The van der Waals surface area contributed by atoms with Crippen LogP contribution in [0.25, 0.3) is 0 Å². The molecular weight excluding hydrogens is 330 g/mol. The van der Waals surface area contributed by atoms with Crippen LogP contribution >= 0.6 is 0 Å². The van der Waals surface area contributed by atoms with Crippen LogP contribution in [-0.2, 0) is 5.41 Å². The van der Waals surface area contributed by atoms with E-state index >= 15 is 0 Å². The summed E-state index contributed by atoms with van der Waals surface area (Å²) in [4.78, 5) is 25.0. The molecule has 2 heterocycles. The van der Waals surface area contributed by atoms with Crippen LogP contribution in [0.3, 0.4) is 0 Å². The molecule has 0 atom stereocenters. The van der Waals surface area contributed by atoms with Crippen LogP contribution in [0.5, 0.6) is 5.75 Å². The van der Waals surface area contributed by atoms with Crippen molar-refractivity contribution in [2.24, 2.45) is 0 Å². The van der Waals surface area contributed by atoms with Crippen molar-refractivity contribution in [2.75, 3.05) is 36.4 Å². The number of urea groups is 1. The van der Waals surface area contributed by atoms with Gasteiger partial charge >= 0.3 is 6.03 Å². The number of benzene rings is 1. The molecule has 0 saturated carbocycles. The molecule has 0 radical (unpaired) electrons. The molecular formula is C19H25N5O2. The van der Waals surface area contributed by atoms with E-state index < -0.39 is 0 Å². The summed E-state index contributed by atoms with van der Waals surface area (Å²) in [5.74, 6) is 1.01. The molecule has 1 aromatic heterocycles. The molecule has 0 spiro atoms. The van der Waals surface area contributed by atoms with Crippen LogP contribution in [0, 0.1) is 0 Å². The lowest BCUT2D eigenvalue weighted by molar-refractivity contribution is 0.208. The summed E-state index contributed by atoms with van der Waals surface area (Å²) >= 11 is 0. The van der Waals surface area contributed by atoms with Crippen molar-refractivity contribution >= 4 is 17.4 Å². The van der Waals surface area contributed by atoms with Crippen LogP contribution in [0.2, 0.25) is 0 Å². The maximum atomic E-state index is 12.5. The monoisotopic (exact) mass is 355 g/mol. The molecule has 2 amide bonds. The second-order valence-electron chi connectivity index (χ2n) is 7.44. The minimum Gasteiger partial charge on any atom is -0.506 e. The number of piperazine rings is 1. The first kappa shape index (κ1) is 18.0. The SMILES string of the molecule is CC(C)(C)c1ncc(NC(=O)N2CCN(c3ccccc3O)CC2)cn1. The van der Waals surface area contributed by atoms with E-state index in [9.17, 15) is 9.90 Å². The number of aromatic nitrogens is 2. The van der Waals surface area contributed by atoms with Crippen molar-refractivity contribution in [3.63, 3.8) is 0 Å². The van der Waals surface area contributed by atoms with E-state index in [1.807, 2.05) is 32.9 Å². The number of carbonyl (C=O) groups excluding carboxylic acids is 1. The Hall–Kier alpha value is -2.83. The zero-order valence-corrected chi connectivity index (χ0v) is 15.4. The lowest BCUT2D eigenvalue weighted by atomic mass is 9.96. The molecule has 3 rings (SSSR count). The van der Waals surface area contributed by atoms with Crippen LogP contribution in [0.4, 0.5) is 16.2 Å².